The van der Waals surface area contributed by atoms with Crippen LogP contribution in [0.25, 0.3) is 0 Å². The quantitative estimate of drug-likeness (QED) is 0.810. The van der Waals surface area contributed by atoms with Crippen LogP contribution in [-0.2, 0) is 16.6 Å². The Morgan fingerprint density at radius 3 is 2.64 bits per heavy atom. The van der Waals surface area contributed by atoms with Gasteiger partial charge in [-0.1, -0.05) is 6.92 Å². The van der Waals surface area contributed by atoms with Crippen molar-refractivity contribution in [1.29, 1.82) is 0 Å². The Labute approximate surface area is 88.2 Å². The molecule has 14 heavy (non-hydrogen) atoms. The van der Waals surface area contributed by atoms with Crippen molar-refractivity contribution < 1.29 is 8.42 Å². The molecule has 1 aromatic rings. The molecule has 0 saturated heterocycles. The van der Waals surface area contributed by atoms with Crippen LogP contribution in [0.2, 0.25) is 0 Å². The Morgan fingerprint density at radius 2 is 2.21 bits per heavy atom. The minimum absolute atomic E-state index is 0.352. The second-order valence-electron chi connectivity index (χ2n) is 2.84. The Bertz CT molecular complexity index is 409. The summed E-state index contributed by atoms with van der Waals surface area (Å²) in [6, 6.07) is 1.64. The summed E-state index contributed by atoms with van der Waals surface area (Å²) >= 11 is 1.42. The molecule has 0 amide bonds. The van der Waals surface area contributed by atoms with Crippen LogP contribution in [0.5, 0.6) is 0 Å². The van der Waals surface area contributed by atoms with Crippen molar-refractivity contribution in [1.82, 2.24) is 4.72 Å². The fourth-order valence-corrected chi connectivity index (χ4v) is 3.71. The fourth-order valence-electron chi connectivity index (χ4n) is 1.16. The average molecular weight is 234 g/mol. The second-order valence-corrected chi connectivity index (χ2v) is 5.91. The van der Waals surface area contributed by atoms with Gasteiger partial charge in [0.2, 0.25) is 10.0 Å². The SMILES string of the molecule is CCNS(=O)(=O)c1cc(CN)sc1C. The first-order valence-electron chi connectivity index (χ1n) is 4.30. The number of hydrogen-bond acceptors (Lipinski definition) is 4. The van der Waals surface area contributed by atoms with Gasteiger partial charge in [0.05, 0.1) is 4.90 Å². The molecule has 0 radical (unpaired) electrons. The zero-order chi connectivity index (χ0) is 10.8. The molecule has 1 rings (SSSR count). The molecule has 0 atom stereocenters. The number of aryl methyl sites for hydroxylation is 1. The van der Waals surface area contributed by atoms with E-state index in [9.17, 15) is 8.42 Å². The third-order valence-electron chi connectivity index (χ3n) is 1.75. The lowest BCUT2D eigenvalue weighted by atomic mass is 10.4. The summed E-state index contributed by atoms with van der Waals surface area (Å²) in [6.07, 6.45) is 0. The first kappa shape index (κ1) is 11.6. The zero-order valence-electron chi connectivity index (χ0n) is 8.20. The van der Waals surface area contributed by atoms with Crippen LogP contribution in [0.4, 0.5) is 0 Å². The van der Waals surface area contributed by atoms with E-state index in [-0.39, 0.29) is 0 Å². The lowest BCUT2D eigenvalue weighted by molar-refractivity contribution is 0.584. The monoisotopic (exact) mass is 234 g/mol. The highest BCUT2D eigenvalue weighted by Crippen LogP contribution is 2.24. The van der Waals surface area contributed by atoms with Crippen LogP contribution >= 0.6 is 11.3 Å². The van der Waals surface area contributed by atoms with E-state index in [1.54, 1.807) is 19.9 Å². The molecule has 0 aliphatic carbocycles. The molecular weight excluding hydrogens is 220 g/mol. The number of nitrogens with one attached hydrogen (secondary N) is 1. The van der Waals surface area contributed by atoms with Crippen molar-refractivity contribution in [3.8, 4) is 0 Å². The zero-order valence-corrected chi connectivity index (χ0v) is 9.83. The summed E-state index contributed by atoms with van der Waals surface area (Å²) in [5, 5.41) is 0. The van der Waals surface area contributed by atoms with Crippen molar-refractivity contribution in [3.05, 3.63) is 15.8 Å². The topological polar surface area (TPSA) is 72.2 Å². The highest BCUT2D eigenvalue weighted by atomic mass is 32.2. The Hall–Kier alpha value is -0.430. The summed E-state index contributed by atoms with van der Waals surface area (Å²) in [4.78, 5) is 2.02. The molecule has 0 spiro atoms. The van der Waals surface area contributed by atoms with Crippen molar-refractivity contribution in [2.75, 3.05) is 6.54 Å². The molecule has 1 heterocycles. The number of hydrogen-bond donors (Lipinski definition) is 2. The molecule has 0 aromatic carbocycles. The van der Waals surface area contributed by atoms with Gasteiger partial charge in [0.25, 0.3) is 0 Å². The van der Waals surface area contributed by atoms with Crippen LogP contribution in [0, 0.1) is 6.92 Å². The molecule has 0 fully saturated rings. The van der Waals surface area contributed by atoms with Crippen molar-refractivity contribution in [2.45, 2.75) is 25.3 Å². The first-order chi connectivity index (χ1) is 6.51. The number of nitrogens with two attached hydrogens (primary N) is 1. The van der Waals surface area contributed by atoms with Gasteiger partial charge in [0.15, 0.2) is 0 Å². The summed E-state index contributed by atoms with van der Waals surface area (Å²) in [7, 11) is -3.33. The van der Waals surface area contributed by atoms with Gasteiger partial charge < -0.3 is 5.73 Å². The van der Waals surface area contributed by atoms with E-state index in [0.717, 1.165) is 9.75 Å². The van der Waals surface area contributed by atoms with Gasteiger partial charge >= 0.3 is 0 Å². The molecular formula is C8H14N2O2S2. The minimum atomic E-state index is -3.33. The number of rotatable bonds is 4. The van der Waals surface area contributed by atoms with Crippen molar-refractivity contribution >= 4 is 21.4 Å². The molecule has 3 N–H and O–H groups in total. The van der Waals surface area contributed by atoms with Gasteiger partial charge in [0, 0.05) is 22.8 Å². The van der Waals surface area contributed by atoms with Gasteiger partial charge in [0.1, 0.15) is 0 Å². The fraction of sp³-hybridized carbons (Fsp3) is 0.500. The van der Waals surface area contributed by atoms with E-state index in [1.165, 1.54) is 11.3 Å². The van der Waals surface area contributed by atoms with Gasteiger partial charge in [-0.15, -0.1) is 11.3 Å². The first-order valence-corrected chi connectivity index (χ1v) is 6.60. The molecule has 0 aliphatic heterocycles. The van der Waals surface area contributed by atoms with Crippen LogP contribution in [0.15, 0.2) is 11.0 Å². The molecule has 80 valence electrons. The molecule has 0 unspecified atom stereocenters. The molecule has 6 heteroatoms. The summed E-state index contributed by atoms with van der Waals surface area (Å²) < 4.78 is 25.7. The lowest BCUT2D eigenvalue weighted by Gasteiger charge is -2.02. The van der Waals surface area contributed by atoms with E-state index < -0.39 is 10.0 Å². The second kappa shape index (κ2) is 4.39. The molecule has 1 aromatic heterocycles. The van der Waals surface area contributed by atoms with Crippen molar-refractivity contribution in [2.24, 2.45) is 5.73 Å². The summed E-state index contributed by atoms with van der Waals surface area (Å²) in [5.41, 5.74) is 5.44. The third-order valence-corrected chi connectivity index (χ3v) is 4.62. The summed E-state index contributed by atoms with van der Waals surface area (Å²) in [5.74, 6) is 0. The van der Waals surface area contributed by atoms with Gasteiger partial charge in [-0.05, 0) is 13.0 Å². The maximum atomic E-state index is 11.6. The van der Waals surface area contributed by atoms with E-state index in [4.69, 9.17) is 5.73 Å². The normalized spacial score (nSPS) is 11.9. The highest BCUT2D eigenvalue weighted by molar-refractivity contribution is 7.89. The molecule has 4 nitrogen and oxygen atoms in total. The van der Waals surface area contributed by atoms with Crippen LogP contribution in [0.3, 0.4) is 0 Å². The predicted molar refractivity (Wildman–Crippen MR) is 57.8 cm³/mol. The maximum Gasteiger partial charge on any atom is 0.241 e. The van der Waals surface area contributed by atoms with E-state index in [0.29, 0.717) is 18.0 Å². The standard InChI is InChI=1S/C8H14N2O2S2/c1-3-10-14(11,12)8-4-7(5-9)13-6(8)2/h4,10H,3,5,9H2,1-2H3. The van der Waals surface area contributed by atoms with Gasteiger partial charge in [-0.25, -0.2) is 13.1 Å². The predicted octanol–water partition coefficient (Wildman–Crippen LogP) is 0.813. The highest BCUT2D eigenvalue weighted by Gasteiger charge is 2.18. The van der Waals surface area contributed by atoms with Crippen LogP contribution in [-0.4, -0.2) is 15.0 Å². The smallest absolute Gasteiger partial charge is 0.241 e. The summed E-state index contributed by atoms with van der Waals surface area (Å²) in [6.45, 7) is 4.32. The number of thiophene rings is 1. The third kappa shape index (κ3) is 2.33. The Morgan fingerprint density at radius 1 is 1.57 bits per heavy atom. The van der Waals surface area contributed by atoms with Crippen molar-refractivity contribution in [3.63, 3.8) is 0 Å². The van der Waals surface area contributed by atoms with Gasteiger partial charge in [-0.2, -0.15) is 0 Å². The molecule has 0 saturated carbocycles. The molecule has 0 bridgehead atoms. The average Bonchev–Trinajstić information content (AvgIpc) is 2.47. The maximum absolute atomic E-state index is 11.6. The van der Waals surface area contributed by atoms with E-state index in [2.05, 4.69) is 4.72 Å². The van der Waals surface area contributed by atoms with E-state index >= 15 is 0 Å². The lowest BCUT2D eigenvalue weighted by Crippen LogP contribution is -2.23. The largest absolute Gasteiger partial charge is 0.326 e. The molecule has 0 aliphatic rings. The van der Waals surface area contributed by atoms with Crippen LogP contribution < -0.4 is 10.5 Å². The van der Waals surface area contributed by atoms with E-state index in [1.807, 2.05) is 0 Å². The Kier molecular flexibility index (Phi) is 3.65. The minimum Gasteiger partial charge on any atom is -0.326 e. The van der Waals surface area contributed by atoms with Crippen LogP contribution in [0.1, 0.15) is 16.7 Å². The Balaban J connectivity index is 3.12. The van der Waals surface area contributed by atoms with Gasteiger partial charge in [-0.3, -0.25) is 0 Å². The number of sulfonamides is 1.